The number of hydrogen-bond acceptors (Lipinski definition) is 5. The number of β-amino-alcohol motifs (C(OH)–C–C–N with tert-alkyl or cyclic N) is 1. The fourth-order valence-electron chi connectivity index (χ4n) is 1.78. The summed E-state index contributed by atoms with van der Waals surface area (Å²) in [7, 11) is 0. The summed E-state index contributed by atoms with van der Waals surface area (Å²) in [5, 5.41) is 8.81. The summed E-state index contributed by atoms with van der Waals surface area (Å²) in [6.45, 7) is 2.07. The summed E-state index contributed by atoms with van der Waals surface area (Å²) in [5.74, 6) is 0.518. The Morgan fingerprint density at radius 1 is 1.53 bits per heavy atom. The Morgan fingerprint density at radius 2 is 2.33 bits per heavy atom. The number of rotatable bonds is 3. The lowest BCUT2D eigenvalue weighted by molar-refractivity contribution is 0.197. The van der Waals surface area contributed by atoms with Gasteiger partial charge in [0, 0.05) is 19.6 Å². The van der Waals surface area contributed by atoms with E-state index < -0.39 is 0 Å². The number of aliphatic hydroxyl groups is 1. The van der Waals surface area contributed by atoms with E-state index in [0.717, 1.165) is 5.69 Å². The van der Waals surface area contributed by atoms with Crippen LogP contribution in [0.2, 0.25) is 0 Å². The minimum atomic E-state index is -0.110. The second kappa shape index (κ2) is 4.09. The molecule has 0 saturated carbocycles. The van der Waals surface area contributed by atoms with Gasteiger partial charge in [-0.3, -0.25) is 9.69 Å². The van der Waals surface area contributed by atoms with E-state index in [2.05, 4.69) is 9.97 Å². The highest BCUT2D eigenvalue weighted by molar-refractivity contribution is 5.22. The van der Waals surface area contributed by atoms with Crippen molar-refractivity contribution in [1.29, 1.82) is 0 Å². The van der Waals surface area contributed by atoms with Crippen LogP contribution in [0.5, 0.6) is 0 Å². The Bertz CT molecular complexity index is 415. The molecular formula is C9H14N4O2. The van der Waals surface area contributed by atoms with Crippen LogP contribution in [-0.4, -0.2) is 33.1 Å². The van der Waals surface area contributed by atoms with E-state index in [1.54, 1.807) is 0 Å². The summed E-state index contributed by atoms with van der Waals surface area (Å²) in [4.78, 5) is 20.5. The maximum Gasteiger partial charge on any atom is 0.255 e. The average molecular weight is 210 g/mol. The highest BCUT2D eigenvalue weighted by atomic mass is 16.3. The number of nitrogens with zero attached hydrogens (tertiary/aromatic N) is 2. The van der Waals surface area contributed by atoms with Gasteiger partial charge < -0.3 is 15.8 Å². The number of H-pyrrole nitrogens is 1. The van der Waals surface area contributed by atoms with Crippen LogP contribution in [0.15, 0.2) is 4.79 Å². The maximum atomic E-state index is 11.6. The Hall–Kier alpha value is -1.24. The van der Waals surface area contributed by atoms with Crippen molar-refractivity contribution < 1.29 is 5.11 Å². The Balaban J connectivity index is 2.29. The third-order valence-corrected chi connectivity index (χ3v) is 2.51. The van der Waals surface area contributed by atoms with Crippen LogP contribution in [-0.2, 0) is 19.6 Å². The largest absolute Gasteiger partial charge is 0.395 e. The van der Waals surface area contributed by atoms with Gasteiger partial charge in [0.05, 0.1) is 24.4 Å². The van der Waals surface area contributed by atoms with Crippen molar-refractivity contribution in [3.63, 3.8) is 0 Å². The molecule has 4 N–H and O–H groups in total. The van der Waals surface area contributed by atoms with Crippen LogP contribution in [0.25, 0.3) is 0 Å². The standard InChI is InChI=1S/C9H14N4O2/c10-3-8-11-7-5-13(1-2-14)4-6(7)9(15)12-8/h14H,1-5,10H2,(H,11,12,15). The summed E-state index contributed by atoms with van der Waals surface area (Å²) in [5.41, 5.74) is 6.79. The van der Waals surface area contributed by atoms with Crippen LogP contribution < -0.4 is 11.3 Å². The average Bonchev–Trinajstić information content (AvgIpc) is 2.61. The summed E-state index contributed by atoms with van der Waals surface area (Å²) in [6, 6.07) is 0. The second-order valence-electron chi connectivity index (χ2n) is 3.58. The molecule has 0 radical (unpaired) electrons. The van der Waals surface area contributed by atoms with E-state index in [9.17, 15) is 4.79 Å². The molecule has 1 aromatic heterocycles. The molecule has 2 rings (SSSR count). The summed E-state index contributed by atoms with van der Waals surface area (Å²) < 4.78 is 0. The van der Waals surface area contributed by atoms with Gasteiger partial charge in [-0.1, -0.05) is 0 Å². The van der Waals surface area contributed by atoms with E-state index in [1.807, 2.05) is 4.90 Å². The van der Waals surface area contributed by atoms with Gasteiger partial charge in [0.2, 0.25) is 0 Å². The predicted octanol–water partition coefficient (Wildman–Crippen LogP) is -1.46. The highest BCUT2D eigenvalue weighted by Gasteiger charge is 2.22. The molecule has 0 saturated heterocycles. The van der Waals surface area contributed by atoms with Crippen molar-refractivity contribution in [2.75, 3.05) is 13.2 Å². The maximum absolute atomic E-state index is 11.6. The molecule has 2 heterocycles. The number of aromatic amines is 1. The minimum Gasteiger partial charge on any atom is -0.395 e. The number of aromatic nitrogens is 2. The van der Waals surface area contributed by atoms with Gasteiger partial charge in [0.15, 0.2) is 0 Å². The van der Waals surface area contributed by atoms with Crippen molar-refractivity contribution >= 4 is 0 Å². The Kier molecular flexibility index (Phi) is 2.81. The third kappa shape index (κ3) is 1.92. The molecule has 6 nitrogen and oxygen atoms in total. The summed E-state index contributed by atoms with van der Waals surface area (Å²) >= 11 is 0. The molecule has 0 unspecified atom stereocenters. The summed E-state index contributed by atoms with van der Waals surface area (Å²) in [6.07, 6.45) is 0. The van der Waals surface area contributed by atoms with Crippen LogP contribution >= 0.6 is 0 Å². The smallest absolute Gasteiger partial charge is 0.255 e. The van der Waals surface area contributed by atoms with Crippen molar-refractivity contribution in [3.05, 3.63) is 27.4 Å². The van der Waals surface area contributed by atoms with Gasteiger partial charge in [-0.05, 0) is 0 Å². The zero-order chi connectivity index (χ0) is 10.8. The fourth-order valence-corrected chi connectivity index (χ4v) is 1.78. The molecular weight excluding hydrogens is 196 g/mol. The molecule has 0 atom stereocenters. The molecule has 0 aromatic carbocycles. The molecule has 1 aromatic rings. The molecule has 0 spiro atoms. The molecule has 0 amide bonds. The quantitative estimate of drug-likeness (QED) is 0.566. The van der Waals surface area contributed by atoms with Crippen LogP contribution in [0, 0.1) is 0 Å². The van der Waals surface area contributed by atoms with E-state index in [1.165, 1.54) is 0 Å². The third-order valence-electron chi connectivity index (χ3n) is 2.51. The van der Waals surface area contributed by atoms with E-state index in [4.69, 9.17) is 10.8 Å². The Morgan fingerprint density at radius 3 is 3.00 bits per heavy atom. The molecule has 6 heteroatoms. The zero-order valence-electron chi connectivity index (χ0n) is 8.36. The van der Waals surface area contributed by atoms with Gasteiger partial charge >= 0.3 is 0 Å². The Labute approximate surface area is 86.7 Å². The van der Waals surface area contributed by atoms with E-state index >= 15 is 0 Å². The number of nitrogens with two attached hydrogens (primary N) is 1. The van der Waals surface area contributed by atoms with Gasteiger partial charge in [-0.15, -0.1) is 0 Å². The topological polar surface area (TPSA) is 95.2 Å². The molecule has 0 fully saturated rings. The number of fused-ring (bicyclic) bond motifs is 1. The molecule has 82 valence electrons. The van der Waals surface area contributed by atoms with Crippen molar-refractivity contribution in [2.45, 2.75) is 19.6 Å². The van der Waals surface area contributed by atoms with Crippen LogP contribution in [0.1, 0.15) is 17.1 Å². The number of aliphatic hydroxyl groups excluding tert-OH is 1. The van der Waals surface area contributed by atoms with Crippen molar-refractivity contribution in [1.82, 2.24) is 14.9 Å². The minimum absolute atomic E-state index is 0.0929. The van der Waals surface area contributed by atoms with E-state index in [-0.39, 0.29) is 18.7 Å². The molecule has 0 aliphatic carbocycles. The van der Waals surface area contributed by atoms with Gasteiger partial charge in [0.1, 0.15) is 5.82 Å². The first-order valence-electron chi connectivity index (χ1n) is 4.89. The normalized spacial score (nSPS) is 15.6. The van der Waals surface area contributed by atoms with Crippen LogP contribution in [0.3, 0.4) is 0 Å². The molecule has 0 bridgehead atoms. The lowest BCUT2D eigenvalue weighted by Gasteiger charge is -2.10. The predicted molar refractivity (Wildman–Crippen MR) is 53.9 cm³/mol. The molecule has 15 heavy (non-hydrogen) atoms. The first-order valence-corrected chi connectivity index (χ1v) is 4.89. The zero-order valence-corrected chi connectivity index (χ0v) is 8.36. The molecule has 1 aliphatic rings. The van der Waals surface area contributed by atoms with Crippen LogP contribution in [0.4, 0.5) is 0 Å². The SMILES string of the molecule is NCc1nc2c(c(=O)[nH]1)CN(CCO)C2. The lowest BCUT2D eigenvalue weighted by Crippen LogP contribution is -2.22. The highest BCUT2D eigenvalue weighted by Crippen LogP contribution is 2.16. The van der Waals surface area contributed by atoms with Gasteiger partial charge in [0.25, 0.3) is 5.56 Å². The van der Waals surface area contributed by atoms with E-state index in [0.29, 0.717) is 31.0 Å². The number of nitrogens with one attached hydrogen (secondary N) is 1. The van der Waals surface area contributed by atoms with Gasteiger partial charge in [-0.25, -0.2) is 4.98 Å². The van der Waals surface area contributed by atoms with Crippen molar-refractivity contribution in [3.8, 4) is 0 Å². The molecule has 1 aliphatic heterocycles. The van der Waals surface area contributed by atoms with Gasteiger partial charge in [-0.2, -0.15) is 0 Å². The van der Waals surface area contributed by atoms with Crippen molar-refractivity contribution in [2.24, 2.45) is 5.73 Å². The second-order valence-corrected chi connectivity index (χ2v) is 3.58. The monoisotopic (exact) mass is 210 g/mol. The number of hydrogen-bond donors (Lipinski definition) is 3. The lowest BCUT2D eigenvalue weighted by atomic mass is 10.3. The first-order chi connectivity index (χ1) is 7.24. The fraction of sp³-hybridized carbons (Fsp3) is 0.556. The first kappa shape index (κ1) is 10.3.